The SMILES string of the molecule is O=C1CCC(C(=O)OCCCCC(F)(F)C(F)(F)C(F)(F)C(F)(F)C(F)(F)C(F)(F)C(F)(F)C(F)(F)F)=C(C[n+]2ccccc2)N1. The number of hydrogen-bond donors (Lipinski definition) is 1. The summed E-state index contributed by atoms with van der Waals surface area (Å²) < 4.78 is 233. The molecule has 0 saturated carbocycles. The molecule has 0 atom stereocenters. The molecule has 1 aliphatic rings. The van der Waals surface area contributed by atoms with Crippen LogP contribution in [0.25, 0.3) is 0 Å². The highest BCUT2D eigenvalue weighted by Crippen LogP contribution is 2.64. The molecule has 1 aliphatic heterocycles. The summed E-state index contributed by atoms with van der Waals surface area (Å²) in [5.41, 5.74) is -0.0781. The average molecular weight is 707 g/mol. The summed E-state index contributed by atoms with van der Waals surface area (Å²) >= 11 is 0. The lowest BCUT2D eigenvalue weighted by Gasteiger charge is -2.42. The van der Waals surface area contributed by atoms with E-state index < -0.39 is 85.4 Å². The Morgan fingerprint density at radius 1 is 0.674 bits per heavy atom. The zero-order valence-corrected chi connectivity index (χ0v) is 22.4. The van der Waals surface area contributed by atoms with Gasteiger partial charge in [0.1, 0.15) is 0 Å². The summed E-state index contributed by atoms with van der Waals surface area (Å²) in [6, 6.07) is 4.82. The molecule has 0 radical (unpaired) electrons. The molecule has 5 nitrogen and oxygen atoms in total. The van der Waals surface area contributed by atoms with E-state index in [2.05, 4.69) is 5.32 Å². The maximum absolute atomic E-state index is 14.0. The van der Waals surface area contributed by atoms with E-state index in [0.29, 0.717) is 0 Å². The van der Waals surface area contributed by atoms with Gasteiger partial charge in [0.15, 0.2) is 18.9 Å². The van der Waals surface area contributed by atoms with Crippen molar-refractivity contribution in [2.45, 2.75) is 86.3 Å². The van der Waals surface area contributed by atoms with E-state index in [9.17, 15) is 84.2 Å². The summed E-state index contributed by atoms with van der Waals surface area (Å²) in [6.45, 7) is -1.01. The number of unbranched alkanes of at least 4 members (excludes halogenated alkanes) is 1. The molecule has 0 unspecified atom stereocenters. The number of allylic oxidation sites excluding steroid dienone is 1. The first-order valence-corrected chi connectivity index (χ1v) is 12.4. The lowest BCUT2D eigenvalue weighted by atomic mass is 9.88. The van der Waals surface area contributed by atoms with Crippen LogP contribution in [-0.4, -0.2) is 66.1 Å². The standard InChI is InChI=1S/C24H19F17N2O3/c25-17(26,18(27,28)19(29,30)20(31,32)21(33,34)22(35,36)23(37,38)24(39,40)41)8-2-5-11-46-16(45)13-6-7-15(44)42-14(13)12-43-9-3-1-4-10-43/h1,3-4,9-10H,2,5-8,11-12H2/p+1. The van der Waals surface area contributed by atoms with Crippen molar-refractivity contribution < 1.29 is 93.5 Å². The van der Waals surface area contributed by atoms with Crippen LogP contribution in [0.4, 0.5) is 74.6 Å². The molecule has 2 rings (SSSR count). The van der Waals surface area contributed by atoms with Crippen LogP contribution < -0.4 is 9.88 Å². The van der Waals surface area contributed by atoms with Crippen molar-refractivity contribution in [3.8, 4) is 0 Å². The van der Waals surface area contributed by atoms with Crippen molar-refractivity contribution in [2.24, 2.45) is 0 Å². The van der Waals surface area contributed by atoms with Gasteiger partial charge in [-0.25, -0.2) is 4.79 Å². The number of halogens is 17. The zero-order valence-electron chi connectivity index (χ0n) is 22.4. The van der Waals surface area contributed by atoms with Gasteiger partial charge in [-0.15, -0.1) is 0 Å². The van der Waals surface area contributed by atoms with Gasteiger partial charge in [-0.3, -0.25) is 4.79 Å². The molecule has 0 saturated heterocycles. The summed E-state index contributed by atoms with van der Waals surface area (Å²) in [6.07, 6.45) is -10.1. The van der Waals surface area contributed by atoms with Gasteiger partial charge >= 0.3 is 53.6 Å². The number of ether oxygens (including phenoxy) is 1. The normalized spacial score (nSPS) is 16.4. The second kappa shape index (κ2) is 12.7. The van der Waals surface area contributed by atoms with Crippen LogP contribution in [0, 0.1) is 0 Å². The molecule has 0 fully saturated rings. The molecule has 0 spiro atoms. The third-order valence-electron chi connectivity index (χ3n) is 6.53. The number of hydrogen-bond acceptors (Lipinski definition) is 3. The van der Waals surface area contributed by atoms with Gasteiger partial charge in [-0.2, -0.15) is 79.2 Å². The Balaban J connectivity index is 2.15. The lowest BCUT2D eigenvalue weighted by Crippen LogP contribution is -2.74. The molecule has 1 aromatic heterocycles. The number of alkyl halides is 17. The highest BCUT2D eigenvalue weighted by Gasteiger charge is 2.95. The lowest BCUT2D eigenvalue weighted by molar-refractivity contribution is -0.689. The van der Waals surface area contributed by atoms with E-state index >= 15 is 0 Å². The first kappa shape index (κ1) is 38.8. The second-order valence-electron chi connectivity index (χ2n) is 9.79. The number of nitrogens with one attached hydrogen (secondary N) is 1. The van der Waals surface area contributed by atoms with Crippen LogP contribution in [0.15, 0.2) is 41.9 Å². The van der Waals surface area contributed by atoms with Crippen LogP contribution >= 0.6 is 0 Å². The molecule has 1 amide bonds. The smallest absolute Gasteiger partial charge is 0.460 e. The minimum Gasteiger partial charge on any atom is -0.462 e. The van der Waals surface area contributed by atoms with Gasteiger partial charge in [0.2, 0.25) is 5.91 Å². The highest BCUT2D eigenvalue weighted by molar-refractivity contribution is 5.93. The largest absolute Gasteiger partial charge is 0.462 e. The maximum Gasteiger partial charge on any atom is 0.460 e. The number of pyridine rings is 1. The van der Waals surface area contributed by atoms with Crippen LogP contribution in [0.3, 0.4) is 0 Å². The molecule has 1 aromatic rings. The van der Waals surface area contributed by atoms with Crippen molar-refractivity contribution in [1.29, 1.82) is 0 Å². The van der Waals surface area contributed by atoms with Gasteiger partial charge < -0.3 is 10.1 Å². The molecule has 262 valence electrons. The molecule has 0 aliphatic carbocycles. The first-order chi connectivity index (χ1) is 20.6. The second-order valence-corrected chi connectivity index (χ2v) is 9.79. The Morgan fingerprint density at radius 2 is 1.15 bits per heavy atom. The predicted octanol–water partition coefficient (Wildman–Crippen LogP) is 6.86. The first-order valence-electron chi connectivity index (χ1n) is 12.4. The molecular formula is C24H20F17N2O3+. The average Bonchev–Trinajstić information content (AvgIpc) is 2.92. The zero-order chi connectivity index (χ0) is 35.8. The Hall–Kier alpha value is -3.36. The van der Waals surface area contributed by atoms with E-state index in [1.54, 1.807) is 18.2 Å². The van der Waals surface area contributed by atoms with E-state index in [1.165, 1.54) is 17.0 Å². The van der Waals surface area contributed by atoms with Gasteiger partial charge in [0, 0.05) is 25.0 Å². The molecule has 22 heteroatoms. The number of amides is 1. The van der Waals surface area contributed by atoms with Crippen molar-refractivity contribution in [1.82, 2.24) is 5.32 Å². The number of aromatic nitrogens is 1. The summed E-state index contributed by atoms with van der Waals surface area (Å²) in [7, 11) is 0. The summed E-state index contributed by atoms with van der Waals surface area (Å²) in [5, 5.41) is 2.40. The monoisotopic (exact) mass is 707 g/mol. The molecule has 0 bridgehead atoms. The Morgan fingerprint density at radius 3 is 1.65 bits per heavy atom. The van der Waals surface area contributed by atoms with Crippen molar-refractivity contribution in [2.75, 3.05) is 6.61 Å². The Labute approximate surface area is 246 Å². The van der Waals surface area contributed by atoms with Crippen LogP contribution in [-0.2, 0) is 20.9 Å². The Kier molecular flexibility index (Phi) is 10.7. The fourth-order valence-corrected chi connectivity index (χ4v) is 3.83. The third kappa shape index (κ3) is 6.70. The van der Waals surface area contributed by atoms with E-state index in [0.717, 1.165) is 0 Å². The number of carbonyl (C=O) groups excluding carboxylic acids is 2. The molecule has 0 aromatic carbocycles. The van der Waals surface area contributed by atoms with Crippen LogP contribution in [0.2, 0.25) is 0 Å². The van der Waals surface area contributed by atoms with E-state index in [1.807, 2.05) is 0 Å². The predicted molar refractivity (Wildman–Crippen MR) is 117 cm³/mol. The van der Waals surface area contributed by atoms with Crippen molar-refractivity contribution >= 4 is 11.9 Å². The van der Waals surface area contributed by atoms with Gasteiger partial charge in [0.05, 0.1) is 17.9 Å². The summed E-state index contributed by atoms with van der Waals surface area (Å²) in [4.78, 5) is 24.2. The van der Waals surface area contributed by atoms with E-state index in [-0.39, 0.29) is 30.7 Å². The Bertz CT molecular complexity index is 1290. The van der Waals surface area contributed by atoms with Gasteiger partial charge in [0.25, 0.3) is 0 Å². The molecule has 46 heavy (non-hydrogen) atoms. The minimum atomic E-state index is -8.68. The van der Waals surface area contributed by atoms with Crippen LogP contribution in [0.5, 0.6) is 0 Å². The molecular weight excluding hydrogens is 687 g/mol. The summed E-state index contributed by atoms with van der Waals surface area (Å²) in [5.74, 6) is -58.3. The van der Waals surface area contributed by atoms with Gasteiger partial charge in [-0.1, -0.05) is 6.07 Å². The number of esters is 1. The van der Waals surface area contributed by atoms with Crippen molar-refractivity contribution in [3.05, 3.63) is 41.9 Å². The molecule has 2 heterocycles. The van der Waals surface area contributed by atoms with Gasteiger partial charge in [-0.05, 0) is 19.3 Å². The fourth-order valence-electron chi connectivity index (χ4n) is 3.83. The number of nitrogens with zero attached hydrogens (tertiary/aromatic N) is 1. The highest BCUT2D eigenvalue weighted by atomic mass is 19.4. The quantitative estimate of drug-likeness (QED) is 0.0996. The fraction of sp³-hybridized carbons (Fsp3) is 0.625. The minimum absolute atomic E-state index is 0.0437. The molecule has 1 N–H and O–H groups in total. The topological polar surface area (TPSA) is 59.3 Å². The third-order valence-corrected chi connectivity index (χ3v) is 6.53. The van der Waals surface area contributed by atoms with Crippen molar-refractivity contribution in [3.63, 3.8) is 0 Å². The van der Waals surface area contributed by atoms with Crippen LogP contribution in [0.1, 0.15) is 32.1 Å². The number of rotatable bonds is 14. The maximum atomic E-state index is 14.0. The number of carbonyl (C=O) groups is 2. The van der Waals surface area contributed by atoms with E-state index in [4.69, 9.17) is 4.74 Å².